The first-order chi connectivity index (χ1) is 12.6. The van der Waals surface area contributed by atoms with Crippen LogP contribution in [0, 0.1) is 5.92 Å². The molecule has 138 valence electrons. The van der Waals surface area contributed by atoms with Crippen molar-refractivity contribution >= 4 is 45.6 Å². The van der Waals surface area contributed by atoms with Crippen LogP contribution in [0.1, 0.15) is 12.8 Å². The van der Waals surface area contributed by atoms with Gasteiger partial charge >= 0.3 is 6.03 Å². The third kappa shape index (κ3) is 4.47. The summed E-state index contributed by atoms with van der Waals surface area (Å²) in [5.41, 5.74) is 0.638. The van der Waals surface area contributed by atoms with E-state index in [-0.39, 0.29) is 17.9 Å². The van der Waals surface area contributed by atoms with Crippen LogP contribution >= 0.6 is 22.9 Å². The largest absolute Gasteiger partial charge is 0.495 e. The highest BCUT2D eigenvalue weighted by molar-refractivity contribution is 7.14. The summed E-state index contributed by atoms with van der Waals surface area (Å²) < 4.78 is 5.11. The normalized spacial score (nSPS) is 14.8. The van der Waals surface area contributed by atoms with E-state index in [0.717, 1.165) is 5.00 Å². The highest BCUT2D eigenvalue weighted by Gasteiger charge is 2.27. The second-order valence-corrected chi connectivity index (χ2v) is 7.36. The predicted molar refractivity (Wildman–Crippen MR) is 104 cm³/mol. The van der Waals surface area contributed by atoms with Gasteiger partial charge in [0.2, 0.25) is 5.91 Å². The van der Waals surface area contributed by atoms with Gasteiger partial charge in [0.25, 0.3) is 0 Å². The molecule has 0 saturated carbocycles. The molecule has 0 spiro atoms. The first-order valence-corrected chi connectivity index (χ1v) is 9.56. The number of methoxy groups -OCH3 is 1. The molecule has 26 heavy (non-hydrogen) atoms. The number of thiophene rings is 1. The zero-order valence-electron chi connectivity index (χ0n) is 14.3. The minimum Gasteiger partial charge on any atom is -0.495 e. The molecule has 1 fully saturated rings. The molecule has 3 rings (SSSR count). The summed E-state index contributed by atoms with van der Waals surface area (Å²) in [5, 5.41) is 8.95. The van der Waals surface area contributed by atoms with Crippen LogP contribution in [0.4, 0.5) is 15.5 Å². The number of nitrogens with one attached hydrogen (secondary N) is 2. The van der Waals surface area contributed by atoms with E-state index in [1.807, 2.05) is 17.5 Å². The summed E-state index contributed by atoms with van der Waals surface area (Å²) in [5.74, 6) is 0.390. The Balaban J connectivity index is 1.50. The van der Waals surface area contributed by atoms with E-state index in [0.29, 0.717) is 42.4 Å². The average Bonchev–Trinajstić information content (AvgIpc) is 3.15. The lowest BCUT2D eigenvalue weighted by atomic mass is 9.96. The van der Waals surface area contributed by atoms with Crippen LogP contribution < -0.4 is 15.4 Å². The lowest BCUT2D eigenvalue weighted by molar-refractivity contribution is -0.121. The number of rotatable bonds is 4. The number of piperidine rings is 1. The summed E-state index contributed by atoms with van der Waals surface area (Å²) in [6, 6.07) is 8.78. The molecule has 3 amide bonds. The summed E-state index contributed by atoms with van der Waals surface area (Å²) in [6.07, 6.45) is 1.27. The van der Waals surface area contributed by atoms with Crippen LogP contribution in [-0.2, 0) is 4.79 Å². The van der Waals surface area contributed by atoms with Crippen molar-refractivity contribution in [2.75, 3.05) is 30.8 Å². The molecule has 2 heterocycles. The van der Waals surface area contributed by atoms with E-state index in [1.54, 1.807) is 30.2 Å². The van der Waals surface area contributed by atoms with Gasteiger partial charge in [-0.2, -0.15) is 0 Å². The first-order valence-electron chi connectivity index (χ1n) is 8.30. The van der Waals surface area contributed by atoms with Crippen LogP contribution in [0.25, 0.3) is 0 Å². The topological polar surface area (TPSA) is 70.7 Å². The van der Waals surface area contributed by atoms with Crippen LogP contribution in [0.2, 0.25) is 5.02 Å². The lowest BCUT2D eigenvalue weighted by Crippen LogP contribution is -2.43. The second kappa shape index (κ2) is 8.42. The molecule has 1 aliphatic heterocycles. The Bertz CT molecular complexity index is 774. The number of amides is 3. The Morgan fingerprint density at radius 3 is 2.62 bits per heavy atom. The smallest absolute Gasteiger partial charge is 0.322 e. The molecule has 2 N–H and O–H groups in total. The van der Waals surface area contributed by atoms with Gasteiger partial charge in [0.15, 0.2) is 0 Å². The van der Waals surface area contributed by atoms with E-state index < -0.39 is 0 Å². The van der Waals surface area contributed by atoms with Gasteiger partial charge in [0.05, 0.1) is 17.1 Å². The second-order valence-electron chi connectivity index (χ2n) is 6.01. The molecular weight excluding hydrogens is 374 g/mol. The van der Waals surface area contributed by atoms with E-state index in [2.05, 4.69) is 10.6 Å². The molecular formula is C18H20ClN3O3S. The number of carbonyl (C=O) groups is 2. The third-order valence-electron chi connectivity index (χ3n) is 4.32. The van der Waals surface area contributed by atoms with Gasteiger partial charge in [-0.25, -0.2) is 4.79 Å². The molecule has 0 radical (unpaired) electrons. The maximum atomic E-state index is 12.5. The Labute approximate surface area is 161 Å². The highest BCUT2D eigenvalue weighted by Crippen LogP contribution is 2.28. The third-order valence-corrected chi connectivity index (χ3v) is 5.40. The number of nitrogens with zero attached hydrogens (tertiary/aromatic N) is 1. The zero-order chi connectivity index (χ0) is 18.5. The number of likely N-dealkylation sites (tertiary alicyclic amines) is 1. The molecule has 1 aromatic carbocycles. The number of ether oxygens (including phenoxy) is 1. The predicted octanol–water partition coefficient (Wildman–Crippen LogP) is 4.29. The Morgan fingerprint density at radius 1 is 1.23 bits per heavy atom. The van der Waals surface area contributed by atoms with Crippen molar-refractivity contribution in [2.24, 2.45) is 5.92 Å². The molecule has 1 aliphatic rings. The van der Waals surface area contributed by atoms with Crippen molar-refractivity contribution in [1.29, 1.82) is 0 Å². The number of halogens is 1. The molecule has 1 aromatic heterocycles. The fourth-order valence-corrected chi connectivity index (χ4v) is 3.73. The number of benzene rings is 1. The molecule has 8 heteroatoms. The van der Waals surface area contributed by atoms with Crippen LogP contribution in [0.15, 0.2) is 35.7 Å². The fourth-order valence-electron chi connectivity index (χ4n) is 2.87. The standard InChI is InChI=1S/C18H20ClN3O3S/c1-25-15-5-4-13(11-14(15)19)20-17(23)12-6-8-22(9-7-12)18(24)21-16-3-2-10-26-16/h2-5,10-12H,6-9H2,1H3,(H,20,23)(H,21,24). The van der Waals surface area contributed by atoms with Crippen LogP contribution in [-0.4, -0.2) is 37.0 Å². The molecule has 1 saturated heterocycles. The van der Waals surface area contributed by atoms with Crippen molar-refractivity contribution in [3.05, 3.63) is 40.7 Å². The van der Waals surface area contributed by atoms with Gasteiger partial charge in [0, 0.05) is 24.7 Å². The maximum Gasteiger partial charge on any atom is 0.322 e. The summed E-state index contributed by atoms with van der Waals surface area (Å²) in [6.45, 7) is 1.11. The van der Waals surface area contributed by atoms with E-state index in [4.69, 9.17) is 16.3 Å². The van der Waals surface area contributed by atoms with Crippen molar-refractivity contribution in [2.45, 2.75) is 12.8 Å². The van der Waals surface area contributed by atoms with E-state index >= 15 is 0 Å². The highest BCUT2D eigenvalue weighted by atomic mass is 35.5. The quantitative estimate of drug-likeness (QED) is 0.813. The maximum absolute atomic E-state index is 12.5. The minimum atomic E-state index is -0.123. The van der Waals surface area contributed by atoms with Crippen molar-refractivity contribution in [3.63, 3.8) is 0 Å². The first kappa shape index (κ1) is 18.5. The SMILES string of the molecule is COc1ccc(NC(=O)C2CCN(C(=O)Nc3cccs3)CC2)cc1Cl. The minimum absolute atomic E-state index is 0.0513. The molecule has 0 unspecified atom stereocenters. The molecule has 0 aliphatic carbocycles. The lowest BCUT2D eigenvalue weighted by Gasteiger charge is -2.31. The Kier molecular flexibility index (Phi) is 6.00. The summed E-state index contributed by atoms with van der Waals surface area (Å²) in [7, 11) is 1.54. The Hall–Kier alpha value is -2.25. The van der Waals surface area contributed by atoms with Gasteiger partial charge in [-0.15, -0.1) is 11.3 Å². The molecule has 6 nitrogen and oxygen atoms in total. The van der Waals surface area contributed by atoms with Gasteiger partial charge in [0.1, 0.15) is 5.75 Å². The van der Waals surface area contributed by atoms with Crippen molar-refractivity contribution in [1.82, 2.24) is 4.90 Å². The van der Waals surface area contributed by atoms with Crippen molar-refractivity contribution < 1.29 is 14.3 Å². The summed E-state index contributed by atoms with van der Waals surface area (Å²) >= 11 is 7.57. The van der Waals surface area contributed by atoms with Crippen molar-refractivity contribution in [3.8, 4) is 5.75 Å². The van der Waals surface area contributed by atoms with Crippen LogP contribution in [0.5, 0.6) is 5.75 Å². The van der Waals surface area contributed by atoms with Gasteiger partial charge in [-0.05, 0) is 48.6 Å². The summed E-state index contributed by atoms with van der Waals surface area (Å²) in [4.78, 5) is 26.4. The van der Waals surface area contributed by atoms with E-state index in [1.165, 1.54) is 11.3 Å². The Morgan fingerprint density at radius 2 is 2.00 bits per heavy atom. The van der Waals surface area contributed by atoms with Gasteiger partial charge in [-0.3, -0.25) is 10.1 Å². The van der Waals surface area contributed by atoms with Gasteiger partial charge < -0.3 is 15.0 Å². The molecule has 2 aromatic rings. The van der Waals surface area contributed by atoms with Crippen LogP contribution in [0.3, 0.4) is 0 Å². The number of urea groups is 1. The number of hydrogen-bond donors (Lipinski definition) is 2. The fraction of sp³-hybridized carbons (Fsp3) is 0.333. The van der Waals surface area contributed by atoms with Gasteiger partial charge in [-0.1, -0.05) is 11.6 Å². The number of carbonyl (C=O) groups excluding carboxylic acids is 2. The molecule has 0 bridgehead atoms. The number of hydrogen-bond acceptors (Lipinski definition) is 4. The number of anilines is 2. The van der Waals surface area contributed by atoms with E-state index in [9.17, 15) is 9.59 Å². The average molecular weight is 394 g/mol. The zero-order valence-corrected chi connectivity index (χ0v) is 15.9. The molecule has 0 atom stereocenters. The monoisotopic (exact) mass is 393 g/mol.